The van der Waals surface area contributed by atoms with E-state index < -0.39 is 23.5 Å². The summed E-state index contributed by atoms with van der Waals surface area (Å²) in [7, 11) is -1.73. The van der Waals surface area contributed by atoms with Crippen LogP contribution in [0.1, 0.15) is 98.8 Å². The molecule has 0 heterocycles. The van der Waals surface area contributed by atoms with E-state index in [-0.39, 0.29) is 0 Å². The van der Waals surface area contributed by atoms with Crippen molar-refractivity contribution in [2.24, 2.45) is 0 Å². The topological polar surface area (TPSA) is 27.7 Å². The molecule has 0 aliphatic carbocycles. The third-order valence-corrected chi connectivity index (χ3v) is 12.4. The Morgan fingerprint density at radius 2 is 0.920 bits per heavy atom. The molecule has 0 fully saturated rings. The molecule has 0 aliphatic rings. The fourth-order valence-corrected chi connectivity index (χ4v) is 11.2. The molecular formula is C20H45AlO3Si. The molecule has 0 saturated heterocycles. The van der Waals surface area contributed by atoms with E-state index in [9.17, 15) is 0 Å². The Hall–Kier alpha value is 0.629. The van der Waals surface area contributed by atoms with E-state index >= 15 is 0 Å². The monoisotopic (exact) mass is 388 g/mol. The summed E-state index contributed by atoms with van der Waals surface area (Å²) in [6.45, 7) is 12.9. The van der Waals surface area contributed by atoms with Gasteiger partial charge in [0.25, 0.3) is 0 Å². The molecule has 0 radical (unpaired) electrons. The Labute approximate surface area is 164 Å². The van der Waals surface area contributed by atoms with Crippen molar-refractivity contribution >= 4 is 23.5 Å². The maximum Gasteiger partial charge on any atom is 0.894 e. The summed E-state index contributed by atoms with van der Waals surface area (Å²) >= 11 is -1.99. The van der Waals surface area contributed by atoms with Gasteiger partial charge in [0.2, 0.25) is 0 Å². The Morgan fingerprint density at radius 1 is 0.560 bits per heavy atom. The molecule has 0 N–H and O–H groups in total. The van der Waals surface area contributed by atoms with Crippen LogP contribution in [0.5, 0.6) is 0 Å². The highest BCUT2D eigenvalue weighted by Crippen LogP contribution is 2.30. The minimum absolute atomic E-state index is 0.805. The minimum Gasteiger partial charge on any atom is -0.498 e. The van der Waals surface area contributed by atoms with E-state index in [0.717, 1.165) is 26.1 Å². The molecule has 0 aliphatic heterocycles. The number of hydrogen-bond donors (Lipinski definition) is 0. The van der Waals surface area contributed by atoms with Crippen LogP contribution in [0.4, 0.5) is 0 Å². The van der Waals surface area contributed by atoms with Gasteiger partial charge in [0.05, 0.1) is 0 Å². The predicted octanol–water partition coefficient (Wildman–Crippen LogP) is 6.97. The Kier molecular flexibility index (Phi) is 18.5. The van der Waals surface area contributed by atoms with Crippen molar-refractivity contribution in [2.45, 2.75) is 117 Å². The van der Waals surface area contributed by atoms with Gasteiger partial charge in [0, 0.05) is 13.2 Å². The van der Waals surface area contributed by atoms with Gasteiger partial charge in [-0.1, -0.05) is 86.0 Å². The van der Waals surface area contributed by atoms with Crippen LogP contribution in [0.3, 0.4) is 0 Å². The third-order valence-electron chi connectivity index (χ3n) is 4.81. The van der Waals surface area contributed by atoms with Crippen LogP contribution >= 0.6 is 0 Å². The highest BCUT2D eigenvalue weighted by molar-refractivity contribution is 6.78. The van der Waals surface area contributed by atoms with Gasteiger partial charge in [-0.15, -0.1) is 0 Å². The maximum absolute atomic E-state index is 6.87. The zero-order valence-electron chi connectivity index (χ0n) is 17.9. The highest BCUT2D eigenvalue weighted by Gasteiger charge is 2.42. The normalized spacial score (nSPS) is 11.9. The lowest BCUT2D eigenvalue weighted by Crippen LogP contribution is -2.46. The van der Waals surface area contributed by atoms with E-state index in [1.54, 1.807) is 0 Å². The summed E-state index contributed by atoms with van der Waals surface area (Å²) in [5.41, 5.74) is 0. The molecule has 0 aromatic carbocycles. The van der Waals surface area contributed by atoms with E-state index in [4.69, 9.17) is 11.1 Å². The molecule has 150 valence electrons. The molecule has 25 heavy (non-hydrogen) atoms. The average Bonchev–Trinajstić information content (AvgIpc) is 2.63. The molecular weight excluding hydrogens is 343 g/mol. The summed E-state index contributed by atoms with van der Waals surface area (Å²) in [5.74, 6) is 0. The molecule has 0 spiro atoms. The molecule has 0 atom stereocenters. The molecule has 0 unspecified atom stereocenters. The lowest BCUT2D eigenvalue weighted by atomic mass is 10.4. The lowest BCUT2D eigenvalue weighted by molar-refractivity contribution is 0.132. The number of rotatable bonds is 19. The summed E-state index contributed by atoms with van der Waals surface area (Å²) in [6, 6.07) is 3.88. The molecule has 0 saturated carbocycles. The highest BCUT2D eigenvalue weighted by atomic mass is 28.4. The van der Waals surface area contributed by atoms with Gasteiger partial charge in [-0.3, -0.25) is 0 Å². The molecule has 3 nitrogen and oxygen atoms in total. The van der Waals surface area contributed by atoms with Gasteiger partial charge in [0.15, 0.2) is 8.32 Å². The van der Waals surface area contributed by atoms with E-state index in [1.807, 2.05) is 0 Å². The Bertz CT molecular complexity index is 248. The van der Waals surface area contributed by atoms with Crippen molar-refractivity contribution in [1.29, 1.82) is 0 Å². The summed E-state index contributed by atoms with van der Waals surface area (Å²) in [4.78, 5) is 0. The van der Waals surface area contributed by atoms with Crippen molar-refractivity contribution in [3.63, 3.8) is 0 Å². The molecule has 5 heteroatoms. The number of hydrogen-bond acceptors (Lipinski definition) is 3. The predicted molar refractivity (Wildman–Crippen MR) is 113 cm³/mol. The van der Waals surface area contributed by atoms with Crippen LogP contribution in [0, 0.1) is 0 Å². The Morgan fingerprint density at radius 3 is 1.24 bits per heavy atom. The largest absolute Gasteiger partial charge is 0.894 e. The fourth-order valence-electron chi connectivity index (χ4n) is 3.02. The zero-order chi connectivity index (χ0) is 18.8. The van der Waals surface area contributed by atoms with E-state index in [1.165, 1.54) is 69.5 Å². The van der Waals surface area contributed by atoms with E-state index in [0.29, 0.717) is 0 Å². The number of unbranched alkanes of at least 4 members (excludes halogenated alkanes) is 5. The summed E-state index contributed by atoms with van der Waals surface area (Å²) in [5, 5.41) is 0. The molecule has 0 rings (SSSR count). The standard InChI is InChI=1S/C12H27OSi.2C4H9O.Al/c1-4-7-10-14(13,11-8-5-2)12-9-6-3;2*1-2-3-4-5;/h4-12H2,1-3H3;2*2-4H2,1H3;/q3*-1;+3. The van der Waals surface area contributed by atoms with Crippen LogP contribution in [-0.4, -0.2) is 36.7 Å². The second kappa shape index (κ2) is 18.0. The second-order valence-electron chi connectivity index (χ2n) is 7.35. The third kappa shape index (κ3) is 13.4. The molecule has 0 bridgehead atoms. The van der Waals surface area contributed by atoms with Crippen molar-refractivity contribution in [3.05, 3.63) is 0 Å². The first kappa shape index (κ1) is 25.6. The van der Waals surface area contributed by atoms with Crippen LogP contribution in [0.15, 0.2) is 0 Å². The fraction of sp³-hybridized carbons (Fsp3) is 1.00. The van der Waals surface area contributed by atoms with Crippen LogP contribution in [-0.2, 0) is 11.1 Å². The quantitative estimate of drug-likeness (QED) is 0.177. The van der Waals surface area contributed by atoms with Gasteiger partial charge < -0.3 is 11.1 Å². The average molecular weight is 389 g/mol. The summed E-state index contributed by atoms with van der Waals surface area (Å²) in [6.07, 6.45) is 12.2. The van der Waals surface area contributed by atoms with Crippen molar-refractivity contribution in [2.75, 3.05) is 13.2 Å². The smallest absolute Gasteiger partial charge is 0.498 e. The van der Waals surface area contributed by atoms with Crippen LogP contribution < -0.4 is 0 Å². The zero-order valence-corrected chi connectivity index (χ0v) is 20.1. The molecule has 0 aromatic rings. The van der Waals surface area contributed by atoms with E-state index in [2.05, 4.69) is 34.6 Å². The first-order valence-corrected chi connectivity index (χ1v) is 15.0. The Balaban J connectivity index is 4.98. The van der Waals surface area contributed by atoms with Crippen LogP contribution in [0.25, 0.3) is 0 Å². The SMILES string of the molecule is CCCC[O][Al]([O]CCCC)[O][Si](CCCC)(CCCC)CCCC. The van der Waals surface area contributed by atoms with Crippen LogP contribution in [0.2, 0.25) is 18.1 Å². The second-order valence-corrected chi connectivity index (χ2v) is 13.4. The van der Waals surface area contributed by atoms with Crippen molar-refractivity contribution < 1.29 is 11.1 Å². The van der Waals surface area contributed by atoms with Gasteiger partial charge in [-0.2, -0.15) is 0 Å². The van der Waals surface area contributed by atoms with Crippen molar-refractivity contribution in [3.8, 4) is 0 Å². The van der Waals surface area contributed by atoms with Crippen molar-refractivity contribution in [1.82, 2.24) is 0 Å². The summed E-state index contributed by atoms with van der Waals surface area (Å²) < 4.78 is 19.2. The molecule has 0 amide bonds. The first-order valence-electron chi connectivity index (χ1n) is 11.1. The lowest BCUT2D eigenvalue weighted by Gasteiger charge is -2.34. The van der Waals surface area contributed by atoms with Gasteiger partial charge in [0.1, 0.15) is 0 Å². The first-order chi connectivity index (χ1) is 12.2. The minimum atomic E-state index is -1.99. The van der Waals surface area contributed by atoms with Gasteiger partial charge in [-0.05, 0) is 31.0 Å². The van der Waals surface area contributed by atoms with Gasteiger partial charge >= 0.3 is 15.1 Å². The molecule has 0 aromatic heterocycles. The van der Waals surface area contributed by atoms with Gasteiger partial charge in [-0.25, -0.2) is 0 Å². The maximum atomic E-state index is 6.87.